The average molecular weight is 740 g/mol. The van der Waals surface area contributed by atoms with E-state index in [-0.39, 0.29) is 0 Å². The van der Waals surface area contributed by atoms with E-state index in [0.29, 0.717) is 0 Å². The van der Waals surface area contributed by atoms with Gasteiger partial charge in [-0.2, -0.15) is 0 Å². The molecule has 0 saturated heterocycles. The summed E-state index contributed by atoms with van der Waals surface area (Å²) in [5.74, 6) is 1.78. The molecule has 0 bridgehead atoms. The topological polar surface area (TPSA) is 12.5 Å². The van der Waals surface area contributed by atoms with Crippen molar-refractivity contribution in [3.05, 3.63) is 224 Å². The zero-order valence-electron chi connectivity index (χ0n) is 31.7. The second-order valence-electron chi connectivity index (χ2n) is 14.9. The minimum atomic E-state index is 0.876. The van der Waals surface area contributed by atoms with Gasteiger partial charge < -0.3 is 9.64 Å². The van der Waals surface area contributed by atoms with E-state index in [9.17, 15) is 0 Å². The van der Waals surface area contributed by atoms with E-state index in [0.717, 1.165) is 50.6 Å². The van der Waals surface area contributed by atoms with Gasteiger partial charge in [0.2, 0.25) is 0 Å². The van der Waals surface area contributed by atoms with Crippen LogP contribution in [0, 0.1) is 0 Å². The Kier molecular flexibility index (Phi) is 8.19. The third-order valence-corrected chi connectivity index (χ3v) is 11.5. The van der Waals surface area contributed by atoms with Gasteiger partial charge in [0, 0.05) is 27.9 Å². The van der Waals surface area contributed by atoms with Gasteiger partial charge in [-0.05, 0) is 115 Å². The molecule has 10 aromatic rings. The Labute approximate surface area is 338 Å². The summed E-state index contributed by atoms with van der Waals surface area (Å²) >= 11 is 0. The van der Waals surface area contributed by atoms with Crippen LogP contribution >= 0.6 is 0 Å². The first-order chi connectivity index (χ1) is 28.7. The summed E-state index contributed by atoms with van der Waals surface area (Å²) in [5, 5.41) is 4.83. The minimum Gasteiger partial charge on any atom is -0.456 e. The first-order valence-corrected chi connectivity index (χ1v) is 19.8. The van der Waals surface area contributed by atoms with Crippen molar-refractivity contribution < 1.29 is 4.74 Å². The number of hydrogen-bond acceptors (Lipinski definition) is 2. The molecule has 0 spiro atoms. The van der Waals surface area contributed by atoms with Gasteiger partial charge in [0.1, 0.15) is 11.5 Å². The molecule has 0 amide bonds. The second-order valence-corrected chi connectivity index (χ2v) is 14.9. The normalized spacial score (nSPS) is 11.6. The van der Waals surface area contributed by atoms with Crippen molar-refractivity contribution in [3.63, 3.8) is 0 Å². The lowest BCUT2D eigenvalue weighted by Gasteiger charge is -2.29. The lowest BCUT2D eigenvalue weighted by molar-refractivity contribution is 0.487. The smallest absolute Gasteiger partial charge is 0.135 e. The maximum absolute atomic E-state index is 6.49. The van der Waals surface area contributed by atoms with E-state index < -0.39 is 0 Å². The largest absolute Gasteiger partial charge is 0.456 e. The van der Waals surface area contributed by atoms with E-state index in [1.807, 2.05) is 0 Å². The van der Waals surface area contributed by atoms with Gasteiger partial charge in [0.05, 0.1) is 5.69 Å². The molecule has 2 nitrogen and oxygen atoms in total. The molecule has 2 heteroatoms. The summed E-state index contributed by atoms with van der Waals surface area (Å²) in [4.78, 5) is 2.38. The van der Waals surface area contributed by atoms with Crippen LogP contribution in [-0.4, -0.2) is 0 Å². The molecule has 11 rings (SSSR count). The molecule has 0 unspecified atom stereocenters. The molecule has 58 heavy (non-hydrogen) atoms. The standard InChI is InChI=1S/C56H37NO/c1-2-10-38(11-3-1)40-20-22-41(23-21-40)42-26-31-48(32-27-42)57(49-33-28-43(29-34-49)46-25-24-39-12-4-5-13-45(39)36-46)53-18-7-6-16-50(53)47-30-35-54-52(37-47)51-17-8-14-44-15-9-19-55(58-54)56(44)51/h1-37H. The van der Waals surface area contributed by atoms with Crippen LogP contribution in [0.2, 0.25) is 0 Å². The highest BCUT2D eigenvalue weighted by molar-refractivity contribution is 6.05. The van der Waals surface area contributed by atoms with E-state index in [2.05, 4.69) is 229 Å². The Balaban J connectivity index is 1.01. The van der Waals surface area contributed by atoms with Crippen LogP contribution in [-0.2, 0) is 0 Å². The van der Waals surface area contributed by atoms with Gasteiger partial charge in [-0.25, -0.2) is 0 Å². The zero-order valence-corrected chi connectivity index (χ0v) is 31.7. The molecule has 1 aliphatic heterocycles. The van der Waals surface area contributed by atoms with Crippen molar-refractivity contribution in [2.75, 3.05) is 4.90 Å². The van der Waals surface area contributed by atoms with Crippen LogP contribution < -0.4 is 9.64 Å². The SMILES string of the molecule is c1ccc(-c2ccc(-c3ccc(N(c4ccc(-c5ccc6ccccc6c5)cc4)c4ccccc4-c4ccc5c(c4)-c4cccc6cccc(c46)O5)cc3)cc2)cc1. The Hall–Kier alpha value is -7.68. The first kappa shape index (κ1) is 33.6. The van der Waals surface area contributed by atoms with Crippen molar-refractivity contribution in [1.29, 1.82) is 0 Å². The first-order valence-electron chi connectivity index (χ1n) is 19.8. The van der Waals surface area contributed by atoms with E-state index >= 15 is 0 Å². The number of benzene rings is 10. The summed E-state index contributed by atoms with van der Waals surface area (Å²) in [5.41, 5.74) is 15.0. The molecule has 272 valence electrons. The fourth-order valence-corrected chi connectivity index (χ4v) is 8.53. The van der Waals surface area contributed by atoms with Crippen molar-refractivity contribution in [2.45, 2.75) is 0 Å². The quantitative estimate of drug-likeness (QED) is 0.161. The van der Waals surface area contributed by atoms with Crippen LogP contribution in [0.15, 0.2) is 224 Å². The van der Waals surface area contributed by atoms with Crippen LogP contribution in [0.25, 0.3) is 77.2 Å². The highest BCUT2D eigenvalue weighted by atomic mass is 16.5. The average Bonchev–Trinajstić information content (AvgIpc) is 3.30. The molecule has 0 aromatic heterocycles. The van der Waals surface area contributed by atoms with Crippen LogP contribution in [0.4, 0.5) is 17.1 Å². The molecule has 1 aliphatic rings. The monoisotopic (exact) mass is 739 g/mol. The molecule has 0 N–H and O–H groups in total. The number of ether oxygens (including phenoxy) is 1. The number of rotatable bonds is 7. The number of nitrogens with zero attached hydrogens (tertiary/aromatic N) is 1. The molecule has 0 atom stereocenters. The van der Waals surface area contributed by atoms with Crippen molar-refractivity contribution in [2.24, 2.45) is 0 Å². The fourth-order valence-electron chi connectivity index (χ4n) is 8.53. The molecular formula is C56H37NO. The number of anilines is 3. The maximum Gasteiger partial charge on any atom is 0.135 e. The Morgan fingerprint density at radius 2 is 0.793 bits per heavy atom. The predicted octanol–water partition coefficient (Wildman–Crippen LogP) is 15.9. The third kappa shape index (κ3) is 6.00. The number of fused-ring (bicyclic) bond motifs is 3. The third-order valence-electron chi connectivity index (χ3n) is 11.5. The number of hydrogen-bond donors (Lipinski definition) is 0. The molecule has 10 aromatic carbocycles. The van der Waals surface area contributed by atoms with E-state index in [1.165, 1.54) is 55.1 Å². The predicted molar refractivity (Wildman–Crippen MR) is 243 cm³/mol. The van der Waals surface area contributed by atoms with Crippen molar-refractivity contribution in [1.82, 2.24) is 0 Å². The molecule has 0 aliphatic carbocycles. The maximum atomic E-state index is 6.49. The highest BCUT2D eigenvalue weighted by Gasteiger charge is 2.22. The van der Waals surface area contributed by atoms with Crippen molar-refractivity contribution >= 4 is 38.6 Å². The summed E-state index contributed by atoms with van der Waals surface area (Å²) in [6, 6.07) is 80.7. The molecule has 0 saturated carbocycles. The van der Waals surface area contributed by atoms with Crippen LogP contribution in [0.3, 0.4) is 0 Å². The Morgan fingerprint density at radius 3 is 1.52 bits per heavy atom. The van der Waals surface area contributed by atoms with Crippen LogP contribution in [0.1, 0.15) is 0 Å². The summed E-state index contributed by atoms with van der Waals surface area (Å²) in [7, 11) is 0. The van der Waals surface area contributed by atoms with Gasteiger partial charge in [-0.15, -0.1) is 0 Å². The minimum absolute atomic E-state index is 0.876. The molecule has 0 fully saturated rings. The highest BCUT2D eigenvalue weighted by Crippen LogP contribution is 2.49. The lowest BCUT2D eigenvalue weighted by Crippen LogP contribution is -2.11. The number of para-hydroxylation sites is 1. The van der Waals surface area contributed by atoms with Crippen molar-refractivity contribution in [3.8, 4) is 67.1 Å². The summed E-state index contributed by atoms with van der Waals surface area (Å²) in [6.45, 7) is 0. The van der Waals surface area contributed by atoms with E-state index in [1.54, 1.807) is 0 Å². The Bertz CT molecular complexity index is 3110. The molecule has 0 radical (unpaired) electrons. The zero-order chi connectivity index (χ0) is 38.4. The van der Waals surface area contributed by atoms with Crippen LogP contribution in [0.5, 0.6) is 11.5 Å². The Morgan fingerprint density at radius 1 is 0.276 bits per heavy atom. The summed E-state index contributed by atoms with van der Waals surface area (Å²) in [6.07, 6.45) is 0. The van der Waals surface area contributed by atoms with Gasteiger partial charge in [0.25, 0.3) is 0 Å². The van der Waals surface area contributed by atoms with E-state index in [4.69, 9.17) is 4.74 Å². The molecule has 1 heterocycles. The van der Waals surface area contributed by atoms with Gasteiger partial charge in [-0.3, -0.25) is 0 Å². The van der Waals surface area contributed by atoms with Gasteiger partial charge in [0.15, 0.2) is 0 Å². The lowest BCUT2D eigenvalue weighted by atomic mass is 9.91. The fraction of sp³-hybridized carbons (Fsp3) is 0. The van der Waals surface area contributed by atoms with Gasteiger partial charge >= 0.3 is 0 Å². The second kappa shape index (κ2) is 14.1. The summed E-state index contributed by atoms with van der Waals surface area (Å²) < 4.78 is 6.49. The molecular weight excluding hydrogens is 703 g/mol. The van der Waals surface area contributed by atoms with Gasteiger partial charge in [-0.1, -0.05) is 170 Å².